The van der Waals surface area contributed by atoms with Crippen LogP contribution in [0.1, 0.15) is 17.3 Å². The molecule has 0 saturated carbocycles. The lowest BCUT2D eigenvalue weighted by Gasteiger charge is -2.13. The third kappa shape index (κ3) is 2.46. The number of nitrogens with zero attached hydrogens (tertiary/aromatic N) is 2. The second-order valence-electron chi connectivity index (χ2n) is 3.45. The Hall–Kier alpha value is -1.26. The fraction of sp³-hybridized carbons (Fsp3) is 0.167. The van der Waals surface area contributed by atoms with Gasteiger partial charge in [0.15, 0.2) is 0 Å². The normalized spacial score (nSPS) is 12.4. The molecule has 0 saturated heterocycles. The fourth-order valence-electron chi connectivity index (χ4n) is 1.58. The van der Waals surface area contributed by atoms with Gasteiger partial charge in [0, 0.05) is 23.4 Å². The number of nitrogens with two attached hydrogens (primary N) is 1. The van der Waals surface area contributed by atoms with E-state index in [9.17, 15) is 0 Å². The second kappa shape index (κ2) is 5.18. The maximum atomic E-state index is 5.78. The second-order valence-corrected chi connectivity index (χ2v) is 4.36. The minimum absolute atomic E-state index is 0.0642. The molecule has 2 N–H and O–H groups in total. The first-order valence-electron chi connectivity index (χ1n) is 5.03. The lowest BCUT2D eigenvalue weighted by Crippen LogP contribution is -2.16. The lowest BCUT2D eigenvalue weighted by atomic mass is 9.98. The highest BCUT2D eigenvalue weighted by Crippen LogP contribution is 2.21. The lowest BCUT2D eigenvalue weighted by molar-refractivity contribution is 0.749. The fourth-order valence-corrected chi connectivity index (χ4v) is 1.84. The number of aromatic nitrogens is 2. The van der Waals surface area contributed by atoms with Crippen LogP contribution >= 0.6 is 15.9 Å². The molecular formula is C12H12BrN3. The number of rotatable bonds is 3. The largest absolute Gasteiger partial charge is 0.329 e. The summed E-state index contributed by atoms with van der Waals surface area (Å²) in [5.74, 6) is 0.835. The predicted octanol–water partition coefficient (Wildman–Crippen LogP) is 2.33. The molecule has 4 heteroatoms. The van der Waals surface area contributed by atoms with E-state index in [1.165, 1.54) is 0 Å². The van der Waals surface area contributed by atoms with Gasteiger partial charge in [0.25, 0.3) is 0 Å². The molecule has 1 aromatic carbocycles. The van der Waals surface area contributed by atoms with Crippen molar-refractivity contribution in [1.29, 1.82) is 0 Å². The standard InChI is InChI=1S/C12H12BrN3/c13-10-4-2-9(3-5-10)11(8-14)12-15-6-1-7-16-12/h1-7,11H,8,14H2. The zero-order chi connectivity index (χ0) is 11.4. The molecule has 0 spiro atoms. The van der Waals surface area contributed by atoms with Crippen molar-refractivity contribution in [3.63, 3.8) is 0 Å². The van der Waals surface area contributed by atoms with Crippen LogP contribution in [0.2, 0.25) is 0 Å². The highest BCUT2D eigenvalue weighted by Gasteiger charge is 2.14. The van der Waals surface area contributed by atoms with Gasteiger partial charge in [-0.3, -0.25) is 0 Å². The molecule has 0 amide bonds. The predicted molar refractivity (Wildman–Crippen MR) is 67.1 cm³/mol. The van der Waals surface area contributed by atoms with Crippen molar-refractivity contribution in [2.24, 2.45) is 5.73 Å². The minimum atomic E-state index is 0.0642. The number of hydrogen-bond donors (Lipinski definition) is 1. The summed E-state index contributed by atoms with van der Waals surface area (Å²) in [6.07, 6.45) is 3.48. The van der Waals surface area contributed by atoms with Gasteiger partial charge in [-0.2, -0.15) is 0 Å². The maximum absolute atomic E-state index is 5.78. The van der Waals surface area contributed by atoms with Crippen LogP contribution < -0.4 is 5.73 Å². The SMILES string of the molecule is NCC(c1ccc(Br)cc1)c1ncccn1. The van der Waals surface area contributed by atoms with E-state index in [1.807, 2.05) is 24.3 Å². The van der Waals surface area contributed by atoms with Gasteiger partial charge in [0.2, 0.25) is 0 Å². The van der Waals surface area contributed by atoms with Crippen molar-refractivity contribution in [2.75, 3.05) is 6.54 Å². The Morgan fingerprint density at radius 3 is 2.31 bits per heavy atom. The van der Waals surface area contributed by atoms with E-state index in [0.29, 0.717) is 6.54 Å². The zero-order valence-corrected chi connectivity index (χ0v) is 10.3. The monoisotopic (exact) mass is 277 g/mol. The molecular weight excluding hydrogens is 266 g/mol. The zero-order valence-electron chi connectivity index (χ0n) is 8.68. The van der Waals surface area contributed by atoms with Crippen LogP contribution in [0.4, 0.5) is 0 Å². The summed E-state index contributed by atoms with van der Waals surface area (Å²) in [4.78, 5) is 8.49. The molecule has 2 aromatic rings. The van der Waals surface area contributed by atoms with Gasteiger partial charge in [0.1, 0.15) is 5.82 Å². The van der Waals surface area contributed by atoms with Gasteiger partial charge >= 0.3 is 0 Å². The molecule has 3 nitrogen and oxygen atoms in total. The number of benzene rings is 1. The summed E-state index contributed by atoms with van der Waals surface area (Å²) in [6.45, 7) is 0.506. The molecule has 16 heavy (non-hydrogen) atoms. The Kier molecular flexibility index (Phi) is 3.64. The van der Waals surface area contributed by atoms with Crippen LogP contribution in [0.15, 0.2) is 47.2 Å². The molecule has 0 bridgehead atoms. The molecule has 0 aliphatic rings. The van der Waals surface area contributed by atoms with Gasteiger partial charge in [-0.15, -0.1) is 0 Å². The van der Waals surface area contributed by atoms with Crippen LogP contribution in [0.3, 0.4) is 0 Å². The highest BCUT2D eigenvalue weighted by molar-refractivity contribution is 9.10. The first kappa shape index (κ1) is 11.2. The van der Waals surface area contributed by atoms with Crippen LogP contribution in [-0.4, -0.2) is 16.5 Å². The Morgan fingerprint density at radius 2 is 1.75 bits per heavy atom. The van der Waals surface area contributed by atoms with Gasteiger partial charge < -0.3 is 5.73 Å². The van der Waals surface area contributed by atoms with Crippen molar-refractivity contribution in [3.8, 4) is 0 Å². The van der Waals surface area contributed by atoms with Gasteiger partial charge in [0.05, 0.1) is 5.92 Å². The van der Waals surface area contributed by atoms with Crippen LogP contribution in [-0.2, 0) is 0 Å². The van der Waals surface area contributed by atoms with E-state index in [2.05, 4.69) is 25.9 Å². The summed E-state index contributed by atoms with van der Waals surface area (Å²) in [5.41, 5.74) is 6.92. The van der Waals surface area contributed by atoms with E-state index in [-0.39, 0.29) is 5.92 Å². The molecule has 0 aliphatic heterocycles. The first-order valence-corrected chi connectivity index (χ1v) is 5.83. The van der Waals surface area contributed by atoms with Crippen molar-refractivity contribution in [2.45, 2.75) is 5.92 Å². The molecule has 82 valence electrons. The topological polar surface area (TPSA) is 51.8 Å². The van der Waals surface area contributed by atoms with Crippen LogP contribution in [0.25, 0.3) is 0 Å². The minimum Gasteiger partial charge on any atom is -0.329 e. The average Bonchev–Trinajstić information content (AvgIpc) is 2.34. The molecule has 0 fully saturated rings. The van der Waals surface area contributed by atoms with Crippen LogP contribution in [0.5, 0.6) is 0 Å². The van der Waals surface area contributed by atoms with E-state index in [0.717, 1.165) is 15.9 Å². The Morgan fingerprint density at radius 1 is 1.12 bits per heavy atom. The Balaban J connectivity index is 2.33. The van der Waals surface area contributed by atoms with Crippen molar-refractivity contribution >= 4 is 15.9 Å². The Labute approximate surface area is 103 Å². The van der Waals surface area contributed by atoms with Gasteiger partial charge in [-0.25, -0.2) is 9.97 Å². The quantitative estimate of drug-likeness (QED) is 0.937. The molecule has 0 aliphatic carbocycles. The number of halogens is 1. The highest BCUT2D eigenvalue weighted by atomic mass is 79.9. The van der Waals surface area contributed by atoms with Gasteiger partial charge in [-0.1, -0.05) is 28.1 Å². The third-order valence-corrected chi connectivity index (χ3v) is 2.93. The summed E-state index contributed by atoms with van der Waals surface area (Å²) in [5, 5.41) is 0. The van der Waals surface area contributed by atoms with Crippen molar-refractivity contribution < 1.29 is 0 Å². The van der Waals surface area contributed by atoms with Gasteiger partial charge in [-0.05, 0) is 23.8 Å². The Bertz CT molecular complexity index is 442. The molecule has 1 atom stereocenters. The van der Waals surface area contributed by atoms with E-state index < -0.39 is 0 Å². The molecule has 1 aromatic heterocycles. The van der Waals surface area contributed by atoms with E-state index in [4.69, 9.17) is 5.73 Å². The van der Waals surface area contributed by atoms with E-state index in [1.54, 1.807) is 18.5 Å². The summed E-state index contributed by atoms with van der Waals surface area (Å²) in [7, 11) is 0. The summed E-state index contributed by atoms with van der Waals surface area (Å²) >= 11 is 3.41. The first-order chi connectivity index (χ1) is 7.81. The average molecular weight is 278 g/mol. The molecule has 0 radical (unpaired) electrons. The summed E-state index contributed by atoms with van der Waals surface area (Å²) < 4.78 is 1.06. The summed E-state index contributed by atoms with van der Waals surface area (Å²) in [6, 6.07) is 9.89. The van der Waals surface area contributed by atoms with Crippen molar-refractivity contribution in [1.82, 2.24) is 9.97 Å². The smallest absolute Gasteiger partial charge is 0.136 e. The van der Waals surface area contributed by atoms with Crippen molar-refractivity contribution in [3.05, 3.63) is 58.6 Å². The molecule has 1 unspecified atom stereocenters. The third-order valence-electron chi connectivity index (χ3n) is 2.41. The number of hydrogen-bond acceptors (Lipinski definition) is 3. The van der Waals surface area contributed by atoms with E-state index >= 15 is 0 Å². The molecule has 1 heterocycles. The maximum Gasteiger partial charge on any atom is 0.136 e. The molecule has 2 rings (SSSR count). The van der Waals surface area contributed by atoms with Crippen LogP contribution in [0, 0.1) is 0 Å².